The van der Waals surface area contributed by atoms with Gasteiger partial charge in [-0.05, 0) is 12.5 Å². The minimum Gasteiger partial charge on any atom is -0.493 e. The Morgan fingerprint density at radius 3 is 2.90 bits per heavy atom. The van der Waals surface area contributed by atoms with Gasteiger partial charge >= 0.3 is 0 Å². The number of rotatable bonds is 4. The topological polar surface area (TPSA) is 43.0 Å². The highest BCUT2D eigenvalue weighted by Gasteiger charge is 2.25. The SMILES string of the molecule is COc1c(CCN2CCNCC2)cc2c(c1F)OCO2. The number of nitrogens with zero attached hydrogens (tertiary/aromatic N) is 1. The van der Waals surface area contributed by atoms with Crippen LogP contribution in [0.1, 0.15) is 5.56 Å². The molecule has 6 heteroatoms. The van der Waals surface area contributed by atoms with Crippen molar-refractivity contribution in [3.8, 4) is 17.2 Å². The highest BCUT2D eigenvalue weighted by atomic mass is 19.1. The molecule has 1 aromatic rings. The number of fused-ring (bicyclic) bond motifs is 1. The first-order valence-corrected chi connectivity index (χ1v) is 6.87. The van der Waals surface area contributed by atoms with E-state index in [0.29, 0.717) is 5.75 Å². The van der Waals surface area contributed by atoms with Crippen molar-refractivity contribution in [3.63, 3.8) is 0 Å². The Kier molecular flexibility index (Phi) is 3.93. The van der Waals surface area contributed by atoms with Crippen molar-refractivity contribution in [1.82, 2.24) is 10.2 Å². The van der Waals surface area contributed by atoms with E-state index in [1.807, 2.05) is 6.07 Å². The van der Waals surface area contributed by atoms with E-state index in [-0.39, 0.29) is 18.3 Å². The van der Waals surface area contributed by atoms with Gasteiger partial charge < -0.3 is 24.4 Å². The highest BCUT2D eigenvalue weighted by Crippen LogP contribution is 2.42. The number of piperazine rings is 1. The molecular weight excluding hydrogens is 263 g/mol. The minimum absolute atomic E-state index is 0.0661. The molecule has 0 aliphatic carbocycles. The maximum atomic E-state index is 14.2. The van der Waals surface area contributed by atoms with Crippen molar-refractivity contribution in [2.75, 3.05) is 46.6 Å². The Morgan fingerprint density at radius 2 is 2.15 bits per heavy atom. The van der Waals surface area contributed by atoms with Gasteiger partial charge in [-0.15, -0.1) is 0 Å². The summed E-state index contributed by atoms with van der Waals surface area (Å²) in [5, 5.41) is 3.32. The van der Waals surface area contributed by atoms with Crippen molar-refractivity contribution in [3.05, 3.63) is 17.4 Å². The summed E-state index contributed by atoms with van der Waals surface area (Å²) < 4.78 is 29.8. The Balaban J connectivity index is 1.76. The molecule has 2 heterocycles. The van der Waals surface area contributed by atoms with Gasteiger partial charge in [-0.3, -0.25) is 0 Å². The van der Waals surface area contributed by atoms with Crippen molar-refractivity contribution in [2.24, 2.45) is 0 Å². The summed E-state index contributed by atoms with van der Waals surface area (Å²) in [4.78, 5) is 2.36. The van der Waals surface area contributed by atoms with Crippen LogP contribution in [0.25, 0.3) is 0 Å². The zero-order valence-corrected chi connectivity index (χ0v) is 11.6. The van der Waals surface area contributed by atoms with E-state index in [9.17, 15) is 4.39 Å². The average Bonchev–Trinajstić information content (AvgIpc) is 2.95. The largest absolute Gasteiger partial charge is 0.493 e. The molecule has 0 bridgehead atoms. The first-order valence-electron chi connectivity index (χ1n) is 6.87. The lowest BCUT2D eigenvalue weighted by Crippen LogP contribution is -2.44. The van der Waals surface area contributed by atoms with Gasteiger partial charge in [0.2, 0.25) is 18.4 Å². The molecule has 2 aliphatic heterocycles. The van der Waals surface area contributed by atoms with Gasteiger partial charge in [0.15, 0.2) is 11.5 Å². The molecule has 0 amide bonds. The number of halogens is 1. The Bertz CT molecular complexity index is 490. The van der Waals surface area contributed by atoms with E-state index in [2.05, 4.69) is 10.2 Å². The van der Waals surface area contributed by atoms with Crippen LogP contribution in [0, 0.1) is 5.82 Å². The van der Waals surface area contributed by atoms with Gasteiger partial charge in [-0.1, -0.05) is 0 Å². The van der Waals surface area contributed by atoms with Crippen LogP contribution < -0.4 is 19.5 Å². The van der Waals surface area contributed by atoms with Gasteiger partial charge in [0, 0.05) is 38.3 Å². The van der Waals surface area contributed by atoms with Gasteiger partial charge in [0.25, 0.3) is 0 Å². The van der Waals surface area contributed by atoms with E-state index < -0.39 is 5.82 Å². The van der Waals surface area contributed by atoms with Crippen LogP contribution in [0.3, 0.4) is 0 Å². The molecule has 1 saturated heterocycles. The number of nitrogens with one attached hydrogen (secondary N) is 1. The maximum absolute atomic E-state index is 14.2. The van der Waals surface area contributed by atoms with Crippen LogP contribution in [-0.4, -0.2) is 51.5 Å². The third kappa shape index (κ3) is 2.53. The van der Waals surface area contributed by atoms with Crippen LogP contribution in [0.4, 0.5) is 4.39 Å². The normalized spacial score (nSPS) is 18.3. The van der Waals surface area contributed by atoms with Crippen LogP contribution in [0.2, 0.25) is 0 Å². The minimum atomic E-state index is -0.460. The van der Waals surface area contributed by atoms with Gasteiger partial charge in [-0.2, -0.15) is 4.39 Å². The summed E-state index contributed by atoms with van der Waals surface area (Å²) in [6.07, 6.45) is 0.733. The maximum Gasteiger partial charge on any atom is 0.231 e. The fraction of sp³-hybridized carbons (Fsp3) is 0.571. The summed E-state index contributed by atoms with van der Waals surface area (Å²) in [6.45, 7) is 5.01. The smallest absolute Gasteiger partial charge is 0.231 e. The van der Waals surface area contributed by atoms with Gasteiger partial charge in [0.05, 0.1) is 7.11 Å². The Labute approximate surface area is 117 Å². The fourth-order valence-electron chi connectivity index (χ4n) is 2.65. The van der Waals surface area contributed by atoms with Crippen LogP contribution in [-0.2, 0) is 6.42 Å². The zero-order valence-electron chi connectivity index (χ0n) is 11.6. The lowest BCUT2D eigenvalue weighted by molar-refractivity contribution is 0.170. The molecule has 20 heavy (non-hydrogen) atoms. The monoisotopic (exact) mass is 282 g/mol. The number of methoxy groups -OCH3 is 1. The van der Waals surface area contributed by atoms with E-state index in [1.54, 1.807) is 0 Å². The van der Waals surface area contributed by atoms with Crippen molar-refractivity contribution in [2.45, 2.75) is 6.42 Å². The predicted octanol–water partition coefficient (Wildman–Crippen LogP) is 1.01. The molecule has 3 rings (SSSR count). The molecule has 1 aromatic carbocycles. The summed E-state index contributed by atoms with van der Waals surface area (Å²) in [7, 11) is 1.48. The zero-order chi connectivity index (χ0) is 13.9. The first-order chi connectivity index (χ1) is 9.79. The molecule has 0 atom stereocenters. The quantitative estimate of drug-likeness (QED) is 0.893. The lowest BCUT2D eigenvalue weighted by atomic mass is 10.1. The molecule has 2 aliphatic rings. The van der Waals surface area contributed by atoms with Crippen molar-refractivity contribution < 1.29 is 18.6 Å². The van der Waals surface area contributed by atoms with Crippen LogP contribution in [0.15, 0.2) is 6.07 Å². The van der Waals surface area contributed by atoms with E-state index in [4.69, 9.17) is 14.2 Å². The fourth-order valence-corrected chi connectivity index (χ4v) is 2.65. The van der Waals surface area contributed by atoms with Crippen LogP contribution >= 0.6 is 0 Å². The highest BCUT2D eigenvalue weighted by molar-refractivity contribution is 5.53. The lowest BCUT2D eigenvalue weighted by Gasteiger charge is -2.27. The predicted molar refractivity (Wildman–Crippen MR) is 72.1 cm³/mol. The van der Waals surface area contributed by atoms with Crippen molar-refractivity contribution >= 4 is 0 Å². The second-order valence-corrected chi connectivity index (χ2v) is 4.96. The number of hydrogen-bond acceptors (Lipinski definition) is 5. The molecule has 0 saturated carbocycles. The standard InChI is InChI=1S/C14H19FN2O3/c1-18-13-10(2-5-17-6-3-16-4-7-17)8-11-14(12(13)15)20-9-19-11/h8,16H,2-7,9H2,1H3. The van der Waals surface area contributed by atoms with E-state index in [0.717, 1.165) is 44.7 Å². The summed E-state index contributed by atoms with van der Waals surface area (Å²) in [5.74, 6) is 0.438. The summed E-state index contributed by atoms with van der Waals surface area (Å²) in [5.41, 5.74) is 0.827. The molecule has 0 spiro atoms. The third-order valence-electron chi connectivity index (χ3n) is 3.75. The van der Waals surface area contributed by atoms with Crippen LogP contribution in [0.5, 0.6) is 17.2 Å². The van der Waals surface area contributed by atoms with Crippen molar-refractivity contribution in [1.29, 1.82) is 0 Å². The first kappa shape index (κ1) is 13.5. The molecule has 0 radical (unpaired) electrons. The van der Waals surface area contributed by atoms with E-state index >= 15 is 0 Å². The molecular formula is C14H19FN2O3. The average molecular weight is 282 g/mol. The number of ether oxygens (including phenoxy) is 3. The molecule has 110 valence electrons. The molecule has 0 aromatic heterocycles. The number of hydrogen-bond donors (Lipinski definition) is 1. The summed E-state index contributed by atoms with van der Waals surface area (Å²) in [6, 6.07) is 1.83. The second kappa shape index (κ2) is 5.85. The van der Waals surface area contributed by atoms with Gasteiger partial charge in [-0.25, -0.2) is 0 Å². The van der Waals surface area contributed by atoms with E-state index in [1.165, 1.54) is 7.11 Å². The molecule has 1 N–H and O–H groups in total. The second-order valence-electron chi connectivity index (χ2n) is 4.96. The third-order valence-corrected chi connectivity index (χ3v) is 3.75. The number of benzene rings is 1. The molecule has 5 nitrogen and oxygen atoms in total. The summed E-state index contributed by atoms with van der Waals surface area (Å²) >= 11 is 0. The Hall–Kier alpha value is -1.53. The van der Waals surface area contributed by atoms with Gasteiger partial charge in [0.1, 0.15) is 0 Å². The Morgan fingerprint density at radius 1 is 1.35 bits per heavy atom. The molecule has 0 unspecified atom stereocenters. The molecule has 1 fully saturated rings.